The van der Waals surface area contributed by atoms with E-state index in [-0.39, 0.29) is 5.97 Å². The van der Waals surface area contributed by atoms with Gasteiger partial charge in [-0.15, -0.1) is 0 Å². The quantitative estimate of drug-likeness (QED) is 0.722. The van der Waals surface area contributed by atoms with Gasteiger partial charge in [0, 0.05) is 12.7 Å². The third kappa shape index (κ3) is 3.12. The molecule has 0 atom stereocenters. The van der Waals surface area contributed by atoms with Crippen molar-refractivity contribution in [3.63, 3.8) is 0 Å². The highest BCUT2D eigenvalue weighted by molar-refractivity contribution is 5.70. The lowest BCUT2D eigenvalue weighted by molar-refractivity contribution is -0.140. The average Bonchev–Trinajstić information content (AvgIpc) is 2.24. The highest BCUT2D eigenvalue weighted by atomic mass is 16.5. The average molecular weight is 209 g/mol. The molecule has 0 aliphatic carbocycles. The molecule has 0 saturated heterocycles. The molecule has 82 valence electrons. The molecule has 0 saturated carbocycles. The maximum absolute atomic E-state index is 10.8. The summed E-state index contributed by atoms with van der Waals surface area (Å²) in [7, 11) is 1.36. The van der Waals surface area contributed by atoms with Crippen LogP contribution in [0, 0.1) is 6.92 Å². The Bertz CT molecular complexity index is 353. The number of pyridine rings is 1. The fourth-order valence-electron chi connectivity index (χ4n) is 1.10. The Morgan fingerprint density at radius 2 is 2.40 bits per heavy atom. The number of anilines is 2. The molecule has 0 unspecified atom stereocenters. The van der Waals surface area contributed by atoms with Gasteiger partial charge in [0.2, 0.25) is 0 Å². The van der Waals surface area contributed by atoms with Crippen molar-refractivity contribution in [2.45, 2.75) is 13.3 Å². The zero-order valence-electron chi connectivity index (χ0n) is 8.91. The number of nitrogens with one attached hydrogen (secondary N) is 1. The molecule has 1 rings (SSSR count). The highest BCUT2D eigenvalue weighted by Gasteiger charge is 2.04. The molecule has 0 aliphatic rings. The van der Waals surface area contributed by atoms with Crippen molar-refractivity contribution in [3.05, 3.63) is 17.8 Å². The van der Waals surface area contributed by atoms with E-state index in [0.717, 1.165) is 5.56 Å². The number of nitrogens with two attached hydrogens (primary N) is 1. The van der Waals surface area contributed by atoms with Crippen molar-refractivity contribution in [2.75, 3.05) is 24.7 Å². The molecule has 0 fully saturated rings. The van der Waals surface area contributed by atoms with Gasteiger partial charge in [-0.25, -0.2) is 4.98 Å². The molecule has 0 radical (unpaired) electrons. The molecule has 3 N–H and O–H groups in total. The number of ether oxygens (including phenoxy) is 1. The number of rotatable bonds is 4. The molecule has 5 heteroatoms. The Morgan fingerprint density at radius 1 is 1.67 bits per heavy atom. The first-order valence-corrected chi connectivity index (χ1v) is 4.67. The van der Waals surface area contributed by atoms with E-state index >= 15 is 0 Å². The number of nitrogens with zero attached hydrogens (tertiary/aromatic N) is 1. The first-order valence-electron chi connectivity index (χ1n) is 4.67. The van der Waals surface area contributed by atoms with Gasteiger partial charge in [0.05, 0.1) is 19.2 Å². The van der Waals surface area contributed by atoms with E-state index in [0.29, 0.717) is 24.5 Å². The molecule has 0 spiro atoms. The minimum absolute atomic E-state index is 0.256. The van der Waals surface area contributed by atoms with Gasteiger partial charge in [-0.2, -0.15) is 0 Å². The van der Waals surface area contributed by atoms with E-state index < -0.39 is 0 Å². The monoisotopic (exact) mass is 209 g/mol. The molecule has 5 nitrogen and oxygen atoms in total. The van der Waals surface area contributed by atoms with Gasteiger partial charge in [0.15, 0.2) is 0 Å². The summed E-state index contributed by atoms with van der Waals surface area (Å²) >= 11 is 0. The lowest BCUT2D eigenvalue weighted by Gasteiger charge is -2.08. The second-order valence-corrected chi connectivity index (χ2v) is 3.14. The van der Waals surface area contributed by atoms with Gasteiger partial charge < -0.3 is 15.8 Å². The summed E-state index contributed by atoms with van der Waals surface area (Å²) in [6, 6.07) is 1.83. The Kier molecular flexibility index (Phi) is 3.91. The highest BCUT2D eigenvalue weighted by Crippen LogP contribution is 2.18. The van der Waals surface area contributed by atoms with E-state index in [9.17, 15) is 4.79 Å². The summed E-state index contributed by atoms with van der Waals surface area (Å²) in [6.07, 6.45) is 1.97. The third-order valence-corrected chi connectivity index (χ3v) is 2.06. The summed E-state index contributed by atoms with van der Waals surface area (Å²) in [6.45, 7) is 2.37. The molecule has 0 bridgehead atoms. The summed E-state index contributed by atoms with van der Waals surface area (Å²) in [4.78, 5) is 14.9. The summed E-state index contributed by atoms with van der Waals surface area (Å²) < 4.78 is 4.51. The summed E-state index contributed by atoms with van der Waals surface area (Å²) in [5.41, 5.74) is 7.37. The standard InChI is InChI=1S/C10H15N3O2/c1-7-3-5-12-10(9(7)11)13-6-4-8(14)15-2/h3,5H,4,6,11H2,1-2H3,(H,12,13). The van der Waals surface area contributed by atoms with Crippen LogP contribution in [0.25, 0.3) is 0 Å². The van der Waals surface area contributed by atoms with E-state index in [1.165, 1.54) is 7.11 Å². The lowest BCUT2D eigenvalue weighted by atomic mass is 10.2. The number of aromatic nitrogens is 1. The van der Waals surface area contributed by atoms with Crippen molar-refractivity contribution in [3.8, 4) is 0 Å². The zero-order valence-corrected chi connectivity index (χ0v) is 8.91. The van der Waals surface area contributed by atoms with Crippen molar-refractivity contribution >= 4 is 17.5 Å². The first-order chi connectivity index (χ1) is 7.15. The van der Waals surface area contributed by atoms with Gasteiger partial charge in [-0.3, -0.25) is 4.79 Å². The number of hydrogen-bond acceptors (Lipinski definition) is 5. The molecule has 1 aromatic heterocycles. The topological polar surface area (TPSA) is 77.2 Å². The van der Waals surface area contributed by atoms with E-state index in [1.807, 2.05) is 13.0 Å². The molecule has 0 aliphatic heterocycles. The SMILES string of the molecule is COC(=O)CCNc1nccc(C)c1N. The van der Waals surface area contributed by atoms with Crippen LogP contribution in [0.3, 0.4) is 0 Å². The van der Waals surface area contributed by atoms with Crippen LogP contribution in [0.2, 0.25) is 0 Å². The number of esters is 1. The van der Waals surface area contributed by atoms with Gasteiger partial charge >= 0.3 is 5.97 Å². The van der Waals surface area contributed by atoms with Crippen LogP contribution in [0.15, 0.2) is 12.3 Å². The summed E-state index contributed by atoms with van der Waals surface area (Å²) in [5.74, 6) is 0.354. The maximum Gasteiger partial charge on any atom is 0.307 e. The van der Waals surface area contributed by atoms with Crippen molar-refractivity contribution in [2.24, 2.45) is 0 Å². The maximum atomic E-state index is 10.8. The number of aryl methyl sites for hydroxylation is 1. The van der Waals surface area contributed by atoms with Crippen LogP contribution in [-0.2, 0) is 9.53 Å². The zero-order chi connectivity index (χ0) is 11.3. The Morgan fingerprint density at radius 3 is 3.07 bits per heavy atom. The van der Waals surface area contributed by atoms with Gasteiger partial charge in [-0.1, -0.05) is 0 Å². The second kappa shape index (κ2) is 5.19. The lowest BCUT2D eigenvalue weighted by Crippen LogP contribution is -2.12. The Balaban J connectivity index is 2.51. The predicted molar refractivity (Wildman–Crippen MR) is 58.5 cm³/mol. The fraction of sp³-hybridized carbons (Fsp3) is 0.400. The van der Waals surface area contributed by atoms with Crippen LogP contribution in [0.5, 0.6) is 0 Å². The number of nitrogen functional groups attached to an aromatic ring is 1. The minimum atomic E-state index is -0.256. The minimum Gasteiger partial charge on any atom is -0.469 e. The predicted octanol–water partition coefficient (Wildman–Crippen LogP) is 0.947. The van der Waals surface area contributed by atoms with Crippen LogP contribution < -0.4 is 11.1 Å². The molecular formula is C10H15N3O2. The molecule has 0 amide bonds. The molecule has 15 heavy (non-hydrogen) atoms. The second-order valence-electron chi connectivity index (χ2n) is 3.14. The Labute approximate surface area is 88.6 Å². The van der Waals surface area contributed by atoms with Crippen molar-refractivity contribution in [1.29, 1.82) is 0 Å². The smallest absolute Gasteiger partial charge is 0.307 e. The largest absolute Gasteiger partial charge is 0.469 e. The normalized spacial score (nSPS) is 9.73. The first kappa shape index (κ1) is 11.3. The number of carbonyl (C=O) groups excluding carboxylic acids is 1. The van der Waals surface area contributed by atoms with Gasteiger partial charge in [0.25, 0.3) is 0 Å². The van der Waals surface area contributed by atoms with E-state index in [1.54, 1.807) is 6.20 Å². The molecule has 0 aromatic carbocycles. The molecular weight excluding hydrogens is 194 g/mol. The van der Waals surface area contributed by atoms with Crippen LogP contribution in [0.1, 0.15) is 12.0 Å². The van der Waals surface area contributed by atoms with Gasteiger partial charge in [-0.05, 0) is 18.6 Å². The van der Waals surface area contributed by atoms with Crippen LogP contribution >= 0.6 is 0 Å². The van der Waals surface area contributed by atoms with E-state index in [4.69, 9.17) is 5.73 Å². The summed E-state index contributed by atoms with van der Waals surface area (Å²) in [5, 5.41) is 2.98. The van der Waals surface area contributed by atoms with Crippen LogP contribution in [0.4, 0.5) is 11.5 Å². The Hall–Kier alpha value is -1.78. The van der Waals surface area contributed by atoms with Gasteiger partial charge in [0.1, 0.15) is 5.82 Å². The van der Waals surface area contributed by atoms with Crippen LogP contribution in [-0.4, -0.2) is 24.6 Å². The van der Waals surface area contributed by atoms with E-state index in [2.05, 4.69) is 15.0 Å². The number of methoxy groups -OCH3 is 1. The van der Waals surface area contributed by atoms with Crippen molar-refractivity contribution < 1.29 is 9.53 Å². The van der Waals surface area contributed by atoms with Crippen molar-refractivity contribution in [1.82, 2.24) is 4.98 Å². The third-order valence-electron chi connectivity index (χ3n) is 2.06. The molecule has 1 aromatic rings. The fourth-order valence-corrected chi connectivity index (χ4v) is 1.10. The number of carbonyl (C=O) groups is 1. The number of hydrogen-bond donors (Lipinski definition) is 2. The molecule has 1 heterocycles.